The first-order valence-electron chi connectivity index (χ1n) is 12.7. The molecule has 0 aromatic carbocycles. The third kappa shape index (κ3) is 5.94. The summed E-state index contributed by atoms with van der Waals surface area (Å²) in [5, 5.41) is 7.58. The smallest absolute Gasteiger partial charge is 0.240 e. The number of sulfonamides is 1. The minimum atomic E-state index is -4.02. The minimum absolute atomic E-state index is 0.0807. The lowest BCUT2D eigenvalue weighted by atomic mass is 9.99. The predicted octanol–water partition coefficient (Wildman–Crippen LogP) is 3.49. The quantitative estimate of drug-likeness (QED) is 0.380. The molecular weight excluding hydrogens is 510 g/mol. The number of anilines is 1. The first kappa shape index (κ1) is 27.9. The lowest BCUT2D eigenvalue weighted by Crippen LogP contribution is -2.35. The van der Waals surface area contributed by atoms with Crippen molar-refractivity contribution < 1.29 is 22.6 Å². The fraction of sp³-hybridized carbons (Fsp3) is 0.560. The van der Waals surface area contributed by atoms with Crippen LogP contribution in [0.1, 0.15) is 63.1 Å². The predicted molar refractivity (Wildman–Crippen MR) is 141 cm³/mol. The topological polar surface area (TPSA) is 143 Å². The fourth-order valence-corrected chi connectivity index (χ4v) is 5.76. The van der Waals surface area contributed by atoms with Crippen molar-refractivity contribution >= 4 is 16.0 Å². The van der Waals surface area contributed by atoms with Crippen molar-refractivity contribution in [3.63, 3.8) is 0 Å². The Balaban J connectivity index is 1.73. The zero-order valence-corrected chi connectivity index (χ0v) is 23.2. The number of aromatic nitrogens is 6. The third-order valence-electron chi connectivity index (χ3n) is 6.71. The first-order valence-corrected chi connectivity index (χ1v) is 14.2. The summed E-state index contributed by atoms with van der Waals surface area (Å²) in [6.07, 6.45) is 5.77. The molecule has 0 bridgehead atoms. The first-order chi connectivity index (χ1) is 18.3. The van der Waals surface area contributed by atoms with Crippen molar-refractivity contribution in [1.29, 1.82) is 0 Å². The van der Waals surface area contributed by atoms with Gasteiger partial charge in [0.25, 0.3) is 0 Å². The van der Waals surface area contributed by atoms with E-state index in [-0.39, 0.29) is 23.9 Å². The summed E-state index contributed by atoms with van der Waals surface area (Å²) in [6.45, 7) is 6.09. The third-order valence-corrected chi connectivity index (χ3v) is 8.40. The SMILES string of the molecule is CC[C@@H]([C@@H]1CCCCO1)n1c(NS(=O)(=O)[C@@H](C)[C@H](OC)c2ncc(C)cn2)nnc1-c1cccc(OC)n1. The normalized spacial score (nSPS) is 18.5. The highest BCUT2D eigenvalue weighted by Crippen LogP contribution is 2.34. The molecule has 0 radical (unpaired) electrons. The number of rotatable bonds is 11. The van der Waals surface area contributed by atoms with Gasteiger partial charge in [-0.2, -0.15) is 0 Å². The van der Waals surface area contributed by atoms with E-state index in [0.717, 1.165) is 24.8 Å². The van der Waals surface area contributed by atoms with E-state index in [1.807, 2.05) is 13.8 Å². The van der Waals surface area contributed by atoms with Gasteiger partial charge < -0.3 is 14.2 Å². The van der Waals surface area contributed by atoms with Crippen LogP contribution in [0.2, 0.25) is 0 Å². The number of nitrogens with one attached hydrogen (secondary N) is 1. The Kier molecular flexibility index (Phi) is 8.90. The Hall–Kier alpha value is -3.16. The molecule has 0 unspecified atom stereocenters. The van der Waals surface area contributed by atoms with Crippen LogP contribution >= 0.6 is 0 Å². The van der Waals surface area contributed by atoms with Gasteiger partial charge in [-0.15, -0.1) is 10.2 Å². The molecule has 1 saturated heterocycles. The highest BCUT2D eigenvalue weighted by molar-refractivity contribution is 7.93. The fourth-order valence-electron chi connectivity index (χ4n) is 4.62. The highest BCUT2D eigenvalue weighted by Gasteiger charge is 2.36. The summed E-state index contributed by atoms with van der Waals surface area (Å²) in [7, 11) is -1.06. The lowest BCUT2D eigenvalue weighted by Gasteiger charge is -2.32. The summed E-state index contributed by atoms with van der Waals surface area (Å²) in [4.78, 5) is 13.1. The van der Waals surface area contributed by atoms with Gasteiger partial charge in [0, 0.05) is 32.2 Å². The van der Waals surface area contributed by atoms with Crippen molar-refractivity contribution in [3.8, 4) is 17.4 Å². The second-order valence-electron chi connectivity index (χ2n) is 9.29. The molecule has 0 saturated carbocycles. The highest BCUT2D eigenvalue weighted by atomic mass is 32.2. The lowest BCUT2D eigenvalue weighted by molar-refractivity contribution is -0.0169. The summed E-state index contributed by atoms with van der Waals surface area (Å²) >= 11 is 0. The molecule has 3 aromatic rings. The van der Waals surface area contributed by atoms with E-state index >= 15 is 0 Å². The zero-order valence-electron chi connectivity index (χ0n) is 22.4. The van der Waals surface area contributed by atoms with E-state index in [9.17, 15) is 8.42 Å². The average Bonchev–Trinajstić information content (AvgIpc) is 3.33. The Bertz CT molecular complexity index is 1310. The standard InChI is InChI=1S/C25H35N7O5S/c1-6-19(20-11-7-8-13-37-20)32-24(18-10-9-12-21(28-18)35-4)29-30-25(32)31-38(33,34)17(3)22(36-5)23-26-14-16(2)15-27-23/h9-10,12,14-15,17,19-20,22H,6-8,11,13H2,1-5H3,(H,30,31)/t17-,19-,20-,22-/m0/s1. The van der Waals surface area contributed by atoms with Gasteiger partial charge in [0.05, 0.1) is 19.3 Å². The van der Waals surface area contributed by atoms with E-state index < -0.39 is 21.4 Å². The Morgan fingerprint density at radius 2 is 1.95 bits per heavy atom. The molecule has 0 spiro atoms. The van der Waals surface area contributed by atoms with E-state index in [2.05, 4.69) is 29.9 Å². The maximum absolute atomic E-state index is 13.6. The zero-order chi connectivity index (χ0) is 27.3. The number of hydrogen-bond donors (Lipinski definition) is 1. The summed E-state index contributed by atoms with van der Waals surface area (Å²) in [6, 6.07) is 5.10. The van der Waals surface area contributed by atoms with Crippen molar-refractivity contribution in [2.75, 3.05) is 25.5 Å². The molecule has 13 heteroatoms. The Morgan fingerprint density at radius 1 is 1.18 bits per heavy atom. The van der Waals surface area contributed by atoms with Crippen LogP contribution in [0, 0.1) is 6.92 Å². The molecule has 12 nitrogen and oxygen atoms in total. The van der Waals surface area contributed by atoms with Crippen molar-refractivity contribution in [2.45, 2.75) is 70.0 Å². The van der Waals surface area contributed by atoms with Crippen molar-refractivity contribution in [1.82, 2.24) is 29.7 Å². The molecule has 1 N–H and O–H groups in total. The maximum Gasteiger partial charge on any atom is 0.240 e. The van der Waals surface area contributed by atoms with Gasteiger partial charge in [0.1, 0.15) is 17.0 Å². The van der Waals surface area contributed by atoms with E-state index in [1.165, 1.54) is 14.2 Å². The number of aryl methyl sites for hydroxylation is 1. The molecule has 4 atom stereocenters. The second kappa shape index (κ2) is 12.1. The van der Waals surface area contributed by atoms with Gasteiger partial charge in [0.15, 0.2) is 11.6 Å². The van der Waals surface area contributed by atoms with Gasteiger partial charge >= 0.3 is 0 Å². The molecule has 4 heterocycles. The molecule has 206 valence electrons. The van der Waals surface area contributed by atoms with Crippen LogP contribution in [0.15, 0.2) is 30.6 Å². The molecule has 1 aliphatic rings. The minimum Gasteiger partial charge on any atom is -0.481 e. The Labute approximate surface area is 223 Å². The molecule has 1 fully saturated rings. The van der Waals surface area contributed by atoms with Crippen LogP contribution in [0.4, 0.5) is 5.95 Å². The second-order valence-corrected chi connectivity index (χ2v) is 11.3. The summed E-state index contributed by atoms with van der Waals surface area (Å²) in [5.74, 6) is 1.19. The number of ether oxygens (including phenoxy) is 3. The molecule has 4 rings (SSSR count). The van der Waals surface area contributed by atoms with Gasteiger partial charge in [-0.05, 0) is 51.2 Å². The average molecular weight is 546 g/mol. The largest absolute Gasteiger partial charge is 0.481 e. The number of nitrogens with zero attached hydrogens (tertiary/aromatic N) is 6. The number of methoxy groups -OCH3 is 2. The van der Waals surface area contributed by atoms with Crippen molar-refractivity contribution in [2.24, 2.45) is 0 Å². The van der Waals surface area contributed by atoms with Crippen LogP contribution in [0.3, 0.4) is 0 Å². The van der Waals surface area contributed by atoms with Crippen LogP contribution < -0.4 is 9.46 Å². The molecule has 38 heavy (non-hydrogen) atoms. The van der Waals surface area contributed by atoms with Gasteiger partial charge in [-0.1, -0.05) is 13.0 Å². The summed E-state index contributed by atoms with van der Waals surface area (Å²) < 4.78 is 48.6. The van der Waals surface area contributed by atoms with Gasteiger partial charge in [-0.3, -0.25) is 9.29 Å². The van der Waals surface area contributed by atoms with E-state index in [1.54, 1.807) is 42.1 Å². The Morgan fingerprint density at radius 3 is 2.58 bits per heavy atom. The van der Waals surface area contributed by atoms with Crippen LogP contribution in [-0.2, 0) is 19.5 Å². The number of pyridine rings is 1. The van der Waals surface area contributed by atoms with Crippen LogP contribution in [0.5, 0.6) is 5.88 Å². The molecular formula is C25H35N7O5S. The van der Waals surface area contributed by atoms with Gasteiger partial charge in [0.2, 0.25) is 21.9 Å². The molecule has 0 aliphatic carbocycles. The molecule has 0 amide bonds. The molecule has 3 aromatic heterocycles. The van der Waals surface area contributed by atoms with E-state index in [0.29, 0.717) is 30.4 Å². The van der Waals surface area contributed by atoms with Crippen LogP contribution in [0.25, 0.3) is 11.5 Å². The maximum atomic E-state index is 13.6. The molecule has 1 aliphatic heterocycles. The van der Waals surface area contributed by atoms with Gasteiger partial charge in [-0.25, -0.2) is 23.4 Å². The van der Waals surface area contributed by atoms with Crippen molar-refractivity contribution in [3.05, 3.63) is 42.0 Å². The van der Waals surface area contributed by atoms with E-state index in [4.69, 9.17) is 14.2 Å². The number of hydrogen-bond acceptors (Lipinski definition) is 10. The monoisotopic (exact) mass is 545 g/mol. The summed E-state index contributed by atoms with van der Waals surface area (Å²) in [5.41, 5.74) is 1.37. The van der Waals surface area contributed by atoms with Crippen LogP contribution in [-0.4, -0.2) is 70.3 Å².